The molecule has 0 aliphatic heterocycles. The number of carbonyl (C=O) groups is 2. The Hall–Kier alpha value is -3.22. The fraction of sp³-hybridized carbons (Fsp3) is 0.286. The standard InChI is InChI=1S/C21H22FN3O3/c1-3-5-17-19(25-13-15(22)8-11-18(25)24-17)20(26)23-16-9-6-14(7-10-16)21(27)28-12-4-2/h6-11,13H,3-5,12H2,1-2H3,(H,23,26). The highest BCUT2D eigenvalue weighted by atomic mass is 19.1. The van der Waals surface area contributed by atoms with Crippen LogP contribution in [0.2, 0.25) is 0 Å². The average Bonchev–Trinajstić information content (AvgIpc) is 3.04. The number of halogens is 1. The molecule has 1 aromatic carbocycles. The number of anilines is 1. The number of aryl methyl sites for hydroxylation is 1. The smallest absolute Gasteiger partial charge is 0.338 e. The van der Waals surface area contributed by atoms with E-state index in [9.17, 15) is 14.0 Å². The number of carbonyl (C=O) groups excluding carboxylic acids is 2. The predicted molar refractivity (Wildman–Crippen MR) is 104 cm³/mol. The Labute approximate surface area is 162 Å². The number of benzene rings is 1. The van der Waals surface area contributed by atoms with E-state index in [4.69, 9.17) is 4.74 Å². The topological polar surface area (TPSA) is 72.7 Å². The van der Waals surface area contributed by atoms with Gasteiger partial charge in [-0.15, -0.1) is 0 Å². The zero-order valence-corrected chi connectivity index (χ0v) is 15.9. The fourth-order valence-corrected chi connectivity index (χ4v) is 2.88. The van der Waals surface area contributed by atoms with E-state index in [1.165, 1.54) is 16.7 Å². The summed E-state index contributed by atoms with van der Waals surface area (Å²) in [6.45, 7) is 4.27. The van der Waals surface area contributed by atoms with Crippen LogP contribution in [-0.4, -0.2) is 27.9 Å². The van der Waals surface area contributed by atoms with E-state index in [2.05, 4.69) is 10.3 Å². The van der Waals surface area contributed by atoms with Crippen LogP contribution in [-0.2, 0) is 11.2 Å². The minimum absolute atomic E-state index is 0.308. The van der Waals surface area contributed by atoms with Gasteiger partial charge in [0.25, 0.3) is 5.91 Å². The van der Waals surface area contributed by atoms with E-state index < -0.39 is 11.8 Å². The van der Waals surface area contributed by atoms with Gasteiger partial charge in [0, 0.05) is 11.9 Å². The Balaban J connectivity index is 1.84. The minimum Gasteiger partial charge on any atom is -0.462 e. The van der Waals surface area contributed by atoms with Crippen molar-refractivity contribution in [1.29, 1.82) is 0 Å². The number of hydrogen-bond acceptors (Lipinski definition) is 4. The molecule has 0 saturated heterocycles. The maximum absolute atomic E-state index is 13.7. The predicted octanol–water partition coefficient (Wildman–Crippen LogP) is 4.25. The van der Waals surface area contributed by atoms with Crippen molar-refractivity contribution in [2.24, 2.45) is 0 Å². The summed E-state index contributed by atoms with van der Waals surface area (Å²) in [5.74, 6) is -1.23. The first kappa shape index (κ1) is 19.5. The Morgan fingerprint density at radius 2 is 1.86 bits per heavy atom. The lowest BCUT2D eigenvalue weighted by Crippen LogP contribution is -2.16. The third-order valence-electron chi connectivity index (χ3n) is 4.17. The van der Waals surface area contributed by atoms with Crippen LogP contribution >= 0.6 is 0 Å². The van der Waals surface area contributed by atoms with E-state index in [0.29, 0.717) is 41.3 Å². The molecule has 0 saturated carbocycles. The average molecular weight is 383 g/mol. The molecule has 3 aromatic rings. The Morgan fingerprint density at radius 3 is 2.54 bits per heavy atom. The maximum atomic E-state index is 13.7. The zero-order valence-electron chi connectivity index (χ0n) is 15.9. The molecule has 7 heteroatoms. The number of aromatic nitrogens is 2. The van der Waals surface area contributed by atoms with E-state index in [0.717, 1.165) is 12.8 Å². The molecule has 3 rings (SSSR count). The highest BCUT2D eigenvalue weighted by Crippen LogP contribution is 2.18. The molecule has 0 spiro atoms. The summed E-state index contributed by atoms with van der Waals surface area (Å²) in [4.78, 5) is 29.2. The lowest BCUT2D eigenvalue weighted by atomic mass is 10.2. The van der Waals surface area contributed by atoms with E-state index in [1.807, 2.05) is 13.8 Å². The van der Waals surface area contributed by atoms with Crippen LogP contribution in [0.15, 0.2) is 42.6 Å². The summed E-state index contributed by atoms with van der Waals surface area (Å²) < 4.78 is 20.2. The summed E-state index contributed by atoms with van der Waals surface area (Å²) >= 11 is 0. The first-order chi connectivity index (χ1) is 13.5. The number of ether oxygens (including phenoxy) is 1. The highest BCUT2D eigenvalue weighted by Gasteiger charge is 2.19. The molecule has 6 nitrogen and oxygen atoms in total. The van der Waals surface area contributed by atoms with Gasteiger partial charge >= 0.3 is 5.97 Å². The number of fused-ring (bicyclic) bond motifs is 1. The quantitative estimate of drug-likeness (QED) is 0.619. The first-order valence-corrected chi connectivity index (χ1v) is 9.28. The van der Waals surface area contributed by atoms with Crippen LogP contribution in [0.5, 0.6) is 0 Å². The lowest BCUT2D eigenvalue weighted by Gasteiger charge is -2.08. The van der Waals surface area contributed by atoms with Crippen molar-refractivity contribution in [1.82, 2.24) is 9.38 Å². The Morgan fingerprint density at radius 1 is 1.11 bits per heavy atom. The van der Waals surface area contributed by atoms with Gasteiger partial charge < -0.3 is 10.1 Å². The van der Waals surface area contributed by atoms with Crippen molar-refractivity contribution in [3.05, 3.63) is 65.4 Å². The zero-order chi connectivity index (χ0) is 20.1. The summed E-state index contributed by atoms with van der Waals surface area (Å²) in [5.41, 5.74) is 2.37. The van der Waals surface area contributed by atoms with Crippen LogP contribution < -0.4 is 5.32 Å². The number of pyridine rings is 1. The molecule has 0 aliphatic rings. The van der Waals surface area contributed by atoms with Crippen LogP contribution in [0.25, 0.3) is 5.65 Å². The van der Waals surface area contributed by atoms with E-state index in [-0.39, 0.29) is 5.91 Å². The van der Waals surface area contributed by atoms with Gasteiger partial charge in [-0.25, -0.2) is 14.2 Å². The summed E-state index contributed by atoms with van der Waals surface area (Å²) in [6, 6.07) is 9.30. The monoisotopic (exact) mass is 383 g/mol. The second-order valence-electron chi connectivity index (χ2n) is 6.40. The third-order valence-corrected chi connectivity index (χ3v) is 4.17. The molecular weight excluding hydrogens is 361 g/mol. The summed E-state index contributed by atoms with van der Waals surface area (Å²) in [7, 11) is 0. The molecule has 0 aliphatic carbocycles. The van der Waals surface area contributed by atoms with Gasteiger partial charge in [0.2, 0.25) is 0 Å². The van der Waals surface area contributed by atoms with Crippen molar-refractivity contribution in [3.8, 4) is 0 Å². The third kappa shape index (κ3) is 4.19. The number of hydrogen-bond donors (Lipinski definition) is 1. The molecule has 0 bridgehead atoms. The highest BCUT2D eigenvalue weighted by molar-refractivity contribution is 6.04. The molecule has 1 amide bonds. The van der Waals surface area contributed by atoms with Gasteiger partial charge in [0.05, 0.1) is 17.9 Å². The van der Waals surface area contributed by atoms with Crippen molar-refractivity contribution in [2.45, 2.75) is 33.1 Å². The molecule has 0 unspecified atom stereocenters. The number of nitrogens with one attached hydrogen (secondary N) is 1. The van der Waals surface area contributed by atoms with Crippen LogP contribution in [0.4, 0.5) is 10.1 Å². The lowest BCUT2D eigenvalue weighted by molar-refractivity contribution is 0.0505. The number of imidazole rings is 1. The van der Waals surface area contributed by atoms with Crippen molar-refractivity contribution in [3.63, 3.8) is 0 Å². The second kappa shape index (κ2) is 8.65. The van der Waals surface area contributed by atoms with Gasteiger partial charge in [-0.2, -0.15) is 0 Å². The SMILES string of the molecule is CCCOC(=O)c1ccc(NC(=O)c2c(CCC)nc3ccc(F)cn23)cc1. The normalized spacial score (nSPS) is 10.8. The number of esters is 1. The Bertz CT molecular complexity index is 996. The molecule has 0 atom stereocenters. The summed E-state index contributed by atoms with van der Waals surface area (Å²) in [5, 5.41) is 2.79. The van der Waals surface area contributed by atoms with Crippen LogP contribution in [0, 0.1) is 5.82 Å². The van der Waals surface area contributed by atoms with Gasteiger partial charge in [-0.1, -0.05) is 20.3 Å². The minimum atomic E-state index is -0.447. The maximum Gasteiger partial charge on any atom is 0.338 e. The molecule has 2 heterocycles. The van der Waals surface area contributed by atoms with Gasteiger partial charge in [-0.05, 0) is 49.2 Å². The van der Waals surface area contributed by atoms with Gasteiger partial charge in [0.15, 0.2) is 0 Å². The second-order valence-corrected chi connectivity index (χ2v) is 6.40. The van der Waals surface area contributed by atoms with Gasteiger partial charge in [0.1, 0.15) is 17.2 Å². The van der Waals surface area contributed by atoms with Crippen molar-refractivity contribution in [2.75, 3.05) is 11.9 Å². The molecule has 1 N–H and O–H groups in total. The van der Waals surface area contributed by atoms with Crippen LogP contribution in [0.3, 0.4) is 0 Å². The van der Waals surface area contributed by atoms with E-state index in [1.54, 1.807) is 30.3 Å². The number of amides is 1. The molecule has 2 aromatic heterocycles. The number of rotatable bonds is 7. The van der Waals surface area contributed by atoms with Crippen molar-refractivity contribution < 1.29 is 18.7 Å². The number of nitrogens with zero attached hydrogens (tertiary/aromatic N) is 2. The van der Waals surface area contributed by atoms with Crippen LogP contribution in [0.1, 0.15) is 53.2 Å². The van der Waals surface area contributed by atoms with E-state index >= 15 is 0 Å². The van der Waals surface area contributed by atoms with Gasteiger partial charge in [-0.3, -0.25) is 9.20 Å². The fourth-order valence-electron chi connectivity index (χ4n) is 2.88. The molecule has 0 fully saturated rings. The summed E-state index contributed by atoms with van der Waals surface area (Å²) in [6.07, 6.45) is 3.42. The van der Waals surface area contributed by atoms with Crippen molar-refractivity contribution >= 4 is 23.2 Å². The molecular formula is C21H22FN3O3. The Kier molecular flexibility index (Phi) is 6.03. The first-order valence-electron chi connectivity index (χ1n) is 9.28. The molecule has 28 heavy (non-hydrogen) atoms. The molecule has 146 valence electrons. The largest absolute Gasteiger partial charge is 0.462 e. The molecule has 0 radical (unpaired) electrons.